The highest BCUT2D eigenvalue weighted by Gasteiger charge is 2.13. The molecule has 0 radical (unpaired) electrons. The zero-order valence-corrected chi connectivity index (χ0v) is 10.2. The van der Waals surface area contributed by atoms with Crippen molar-refractivity contribution in [2.75, 3.05) is 0 Å². The lowest BCUT2D eigenvalue weighted by Crippen LogP contribution is -1.95. The summed E-state index contributed by atoms with van der Waals surface area (Å²) in [5.41, 5.74) is 3.94. The fraction of sp³-hybridized carbons (Fsp3) is 0.385. The molecule has 0 bridgehead atoms. The van der Waals surface area contributed by atoms with Crippen LogP contribution in [0.1, 0.15) is 30.5 Å². The molecule has 0 aliphatic heterocycles. The monoisotopic (exact) mass is 230 g/mol. The van der Waals surface area contributed by atoms with E-state index in [1.807, 2.05) is 20.8 Å². The summed E-state index contributed by atoms with van der Waals surface area (Å²) in [6, 6.07) is 1.77. The van der Waals surface area contributed by atoms with Gasteiger partial charge in [-0.2, -0.15) is 9.98 Å². The maximum absolute atomic E-state index is 10.4. The van der Waals surface area contributed by atoms with Crippen LogP contribution < -0.4 is 0 Å². The van der Waals surface area contributed by atoms with Gasteiger partial charge in [0.1, 0.15) is 11.4 Å². The topological polar surface area (TPSA) is 58.9 Å². The lowest BCUT2D eigenvalue weighted by atomic mass is 9.96. The predicted octanol–water partition coefficient (Wildman–Crippen LogP) is 3.05. The van der Waals surface area contributed by atoms with Crippen molar-refractivity contribution < 1.29 is 9.59 Å². The van der Waals surface area contributed by atoms with Crippen molar-refractivity contribution in [3.05, 3.63) is 22.8 Å². The van der Waals surface area contributed by atoms with E-state index in [4.69, 9.17) is 0 Å². The maximum atomic E-state index is 10.4. The molecule has 4 heteroatoms. The predicted molar refractivity (Wildman–Crippen MR) is 65.5 cm³/mol. The van der Waals surface area contributed by atoms with Gasteiger partial charge in [0.15, 0.2) is 0 Å². The molecule has 0 heterocycles. The molecule has 1 aromatic rings. The number of carbonyl (C=O) groups excluding carboxylic acids is 2. The second-order valence-electron chi connectivity index (χ2n) is 3.62. The lowest BCUT2D eigenvalue weighted by molar-refractivity contribution is 0.564. The third-order valence-corrected chi connectivity index (χ3v) is 2.83. The molecule has 4 nitrogen and oxygen atoms in total. The number of isocyanates is 2. The first-order valence-electron chi connectivity index (χ1n) is 5.50. The van der Waals surface area contributed by atoms with Gasteiger partial charge in [0.25, 0.3) is 0 Å². The fourth-order valence-corrected chi connectivity index (χ4v) is 1.97. The third kappa shape index (κ3) is 2.56. The third-order valence-electron chi connectivity index (χ3n) is 2.83. The van der Waals surface area contributed by atoms with Gasteiger partial charge < -0.3 is 0 Å². The molecular weight excluding hydrogens is 216 g/mol. The van der Waals surface area contributed by atoms with Gasteiger partial charge in [-0.1, -0.05) is 13.8 Å². The van der Waals surface area contributed by atoms with Crippen molar-refractivity contribution in [1.82, 2.24) is 0 Å². The van der Waals surface area contributed by atoms with Crippen molar-refractivity contribution in [2.45, 2.75) is 33.6 Å². The Morgan fingerprint density at radius 1 is 1.12 bits per heavy atom. The van der Waals surface area contributed by atoms with Crippen LogP contribution in [0.4, 0.5) is 11.4 Å². The minimum Gasteiger partial charge on any atom is -0.211 e. The molecule has 0 unspecified atom stereocenters. The summed E-state index contributed by atoms with van der Waals surface area (Å²) in [5.74, 6) is 0. The summed E-state index contributed by atoms with van der Waals surface area (Å²) in [6.07, 6.45) is 4.56. The first kappa shape index (κ1) is 13.0. The van der Waals surface area contributed by atoms with Crippen LogP contribution in [0.3, 0.4) is 0 Å². The zero-order chi connectivity index (χ0) is 12.8. The first-order chi connectivity index (χ1) is 8.19. The van der Waals surface area contributed by atoms with Crippen LogP contribution in [0.15, 0.2) is 16.1 Å². The molecule has 0 atom stereocenters. The van der Waals surface area contributed by atoms with E-state index in [1.54, 1.807) is 6.07 Å². The van der Waals surface area contributed by atoms with Gasteiger partial charge in [-0.15, -0.1) is 0 Å². The molecule has 0 amide bonds. The maximum Gasteiger partial charge on any atom is 0.240 e. The minimum absolute atomic E-state index is 0.391. The Kier molecular flexibility index (Phi) is 4.53. The minimum atomic E-state index is 0.391. The van der Waals surface area contributed by atoms with Gasteiger partial charge in [0, 0.05) is 0 Å². The Morgan fingerprint density at radius 3 is 2.24 bits per heavy atom. The van der Waals surface area contributed by atoms with Crippen LogP contribution in [-0.4, -0.2) is 12.2 Å². The number of hydrogen-bond acceptors (Lipinski definition) is 4. The highest BCUT2D eigenvalue weighted by molar-refractivity contribution is 5.74. The molecule has 0 spiro atoms. The molecule has 88 valence electrons. The standard InChI is InChI=1S/C13H14N2O2/c1-4-10-6-12(14-7-16)13(15-8-17)11(5-2)9(10)3/h6H,4-5H2,1-3H3. The van der Waals surface area contributed by atoms with E-state index in [1.165, 1.54) is 12.2 Å². The average molecular weight is 230 g/mol. The fourth-order valence-electron chi connectivity index (χ4n) is 1.97. The van der Waals surface area contributed by atoms with Gasteiger partial charge >= 0.3 is 0 Å². The molecular formula is C13H14N2O2. The second kappa shape index (κ2) is 5.90. The van der Waals surface area contributed by atoms with E-state index in [0.29, 0.717) is 11.4 Å². The Hall–Kier alpha value is -2.02. The summed E-state index contributed by atoms with van der Waals surface area (Å²) in [5, 5.41) is 0. The molecule has 0 aliphatic rings. The second-order valence-corrected chi connectivity index (χ2v) is 3.62. The van der Waals surface area contributed by atoms with E-state index in [0.717, 1.165) is 29.5 Å². The smallest absolute Gasteiger partial charge is 0.211 e. The van der Waals surface area contributed by atoms with Crippen molar-refractivity contribution in [2.24, 2.45) is 9.98 Å². The highest BCUT2D eigenvalue weighted by atomic mass is 16.1. The molecule has 0 N–H and O–H groups in total. The van der Waals surface area contributed by atoms with Crippen LogP contribution in [-0.2, 0) is 22.4 Å². The summed E-state index contributed by atoms with van der Waals surface area (Å²) < 4.78 is 0. The van der Waals surface area contributed by atoms with Gasteiger partial charge in [0.05, 0.1) is 0 Å². The Bertz CT molecular complexity index is 523. The number of benzene rings is 1. The van der Waals surface area contributed by atoms with E-state index < -0.39 is 0 Å². The van der Waals surface area contributed by atoms with E-state index >= 15 is 0 Å². The summed E-state index contributed by atoms with van der Waals surface area (Å²) in [6.45, 7) is 5.98. The summed E-state index contributed by atoms with van der Waals surface area (Å²) in [7, 11) is 0. The number of aryl methyl sites for hydroxylation is 1. The van der Waals surface area contributed by atoms with Gasteiger partial charge in [-0.05, 0) is 42.5 Å². The van der Waals surface area contributed by atoms with Gasteiger partial charge in [-0.25, -0.2) is 9.59 Å². The first-order valence-corrected chi connectivity index (χ1v) is 5.50. The molecule has 0 saturated carbocycles. The molecule has 1 aromatic carbocycles. The van der Waals surface area contributed by atoms with E-state index in [-0.39, 0.29) is 0 Å². The molecule has 0 fully saturated rings. The Balaban J connectivity index is 3.68. The summed E-state index contributed by atoms with van der Waals surface area (Å²) >= 11 is 0. The summed E-state index contributed by atoms with van der Waals surface area (Å²) in [4.78, 5) is 28.1. The molecule has 0 saturated heterocycles. The molecule has 0 aromatic heterocycles. The number of aliphatic imine (C=N–C) groups is 2. The Morgan fingerprint density at radius 2 is 1.76 bits per heavy atom. The largest absolute Gasteiger partial charge is 0.240 e. The van der Waals surface area contributed by atoms with Gasteiger partial charge in [0.2, 0.25) is 12.2 Å². The van der Waals surface area contributed by atoms with Crippen LogP contribution in [0.25, 0.3) is 0 Å². The SMILES string of the molecule is CCc1cc(N=C=O)c(N=C=O)c(CC)c1C. The molecule has 0 aliphatic carbocycles. The number of hydrogen-bond donors (Lipinski definition) is 0. The zero-order valence-electron chi connectivity index (χ0n) is 10.2. The Labute approximate surface area is 100 Å². The lowest BCUT2D eigenvalue weighted by Gasteiger charge is -2.12. The van der Waals surface area contributed by atoms with E-state index in [2.05, 4.69) is 9.98 Å². The number of rotatable bonds is 4. The average Bonchev–Trinajstić information content (AvgIpc) is 2.33. The van der Waals surface area contributed by atoms with E-state index in [9.17, 15) is 9.59 Å². The molecule has 1 rings (SSSR count). The quantitative estimate of drug-likeness (QED) is 0.589. The van der Waals surface area contributed by atoms with Crippen LogP contribution in [0.5, 0.6) is 0 Å². The van der Waals surface area contributed by atoms with Crippen molar-refractivity contribution in [3.63, 3.8) is 0 Å². The van der Waals surface area contributed by atoms with Crippen LogP contribution in [0, 0.1) is 6.92 Å². The van der Waals surface area contributed by atoms with Crippen molar-refractivity contribution in [1.29, 1.82) is 0 Å². The normalized spacial score (nSPS) is 9.35. The van der Waals surface area contributed by atoms with Crippen LogP contribution in [0.2, 0.25) is 0 Å². The molecule has 17 heavy (non-hydrogen) atoms. The number of nitrogens with zero attached hydrogens (tertiary/aromatic N) is 2. The van der Waals surface area contributed by atoms with Crippen LogP contribution >= 0.6 is 0 Å². The van der Waals surface area contributed by atoms with Gasteiger partial charge in [-0.3, -0.25) is 0 Å². The highest BCUT2D eigenvalue weighted by Crippen LogP contribution is 2.36. The van der Waals surface area contributed by atoms with Crippen molar-refractivity contribution in [3.8, 4) is 0 Å². The van der Waals surface area contributed by atoms with Crippen molar-refractivity contribution >= 4 is 23.5 Å².